The van der Waals surface area contributed by atoms with Crippen LogP contribution < -0.4 is 5.73 Å². The first-order valence-corrected chi connectivity index (χ1v) is 5.68. The summed E-state index contributed by atoms with van der Waals surface area (Å²) in [6.07, 6.45) is -0.454. The average molecular weight is 223 g/mol. The lowest BCUT2D eigenvalue weighted by molar-refractivity contribution is 0.117. The molecule has 0 aliphatic carbocycles. The predicted octanol–water partition coefficient (Wildman–Crippen LogP) is 0.532. The molecule has 0 amide bonds. The summed E-state index contributed by atoms with van der Waals surface area (Å²) in [4.78, 5) is 6.58. The first kappa shape index (κ1) is 13.1. The smallest absolute Gasteiger partial charge is 0.0789 e. The largest absolute Gasteiger partial charge is 0.390 e. The normalized spacial score (nSPS) is 13.1. The molecule has 0 aliphatic rings. The number of likely N-dealkylation sites (N-methyl/N-ethyl adjacent to an activating group) is 1. The van der Waals surface area contributed by atoms with Gasteiger partial charge in [-0.25, -0.2) is 0 Å². The van der Waals surface area contributed by atoms with Gasteiger partial charge < -0.3 is 10.8 Å². The Hall–Kier alpha value is -0.970. The van der Waals surface area contributed by atoms with Crippen LogP contribution in [-0.4, -0.2) is 40.7 Å². The molecule has 0 fully saturated rings. The zero-order valence-electron chi connectivity index (χ0n) is 10.1. The monoisotopic (exact) mass is 223 g/mol. The molecule has 1 heterocycles. The second-order valence-electron chi connectivity index (χ2n) is 3.99. The van der Waals surface area contributed by atoms with Gasteiger partial charge in [0.25, 0.3) is 0 Å². The molecule has 1 unspecified atom stereocenters. The van der Waals surface area contributed by atoms with Crippen LogP contribution in [0.3, 0.4) is 0 Å². The van der Waals surface area contributed by atoms with Crippen LogP contribution in [0.1, 0.15) is 18.3 Å². The molecule has 4 nitrogen and oxygen atoms in total. The highest BCUT2D eigenvalue weighted by Gasteiger charge is 2.09. The lowest BCUT2D eigenvalue weighted by Crippen LogP contribution is -2.36. The molecule has 0 aliphatic heterocycles. The van der Waals surface area contributed by atoms with Crippen molar-refractivity contribution in [1.82, 2.24) is 9.88 Å². The first-order valence-electron chi connectivity index (χ1n) is 5.68. The number of hydrogen-bond donors (Lipinski definition) is 2. The van der Waals surface area contributed by atoms with Crippen LogP contribution in [0.2, 0.25) is 0 Å². The van der Waals surface area contributed by atoms with Crippen LogP contribution >= 0.6 is 0 Å². The third kappa shape index (κ3) is 4.26. The maximum atomic E-state index is 9.50. The average Bonchev–Trinajstić information content (AvgIpc) is 2.28. The Kier molecular flexibility index (Phi) is 5.38. The number of pyridine rings is 1. The SMILES string of the molecule is CCN(Cc1cccc(C)n1)CC(O)CN. The van der Waals surface area contributed by atoms with Crippen molar-refractivity contribution < 1.29 is 5.11 Å². The first-order chi connectivity index (χ1) is 7.65. The van der Waals surface area contributed by atoms with E-state index in [1.807, 2.05) is 25.1 Å². The topological polar surface area (TPSA) is 62.4 Å². The van der Waals surface area contributed by atoms with E-state index in [1.54, 1.807) is 0 Å². The van der Waals surface area contributed by atoms with Gasteiger partial charge in [0.05, 0.1) is 11.8 Å². The second kappa shape index (κ2) is 6.58. The quantitative estimate of drug-likeness (QED) is 0.738. The van der Waals surface area contributed by atoms with Gasteiger partial charge in [-0.05, 0) is 25.6 Å². The van der Waals surface area contributed by atoms with E-state index in [4.69, 9.17) is 5.73 Å². The Labute approximate surface area is 97.1 Å². The van der Waals surface area contributed by atoms with Gasteiger partial charge in [0.1, 0.15) is 0 Å². The van der Waals surface area contributed by atoms with Crippen LogP contribution in [0.4, 0.5) is 0 Å². The van der Waals surface area contributed by atoms with Gasteiger partial charge in [0, 0.05) is 25.3 Å². The molecule has 0 bridgehead atoms. The van der Waals surface area contributed by atoms with Crippen molar-refractivity contribution in [2.24, 2.45) is 5.73 Å². The summed E-state index contributed by atoms with van der Waals surface area (Å²) in [5.74, 6) is 0. The third-order valence-electron chi connectivity index (χ3n) is 2.52. The zero-order chi connectivity index (χ0) is 12.0. The fraction of sp³-hybridized carbons (Fsp3) is 0.583. The lowest BCUT2D eigenvalue weighted by atomic mass is 10.2. The van der Waals surface area contributed by atoms with Gasteiger partial charge in [0.2, 0.25) is 0 Å². The molecule has 3 N–H and O–H groups in total. The zero-order valence-corrected chi connectivity index (χ0v) is 10.1. The van der Waals surface area contributed by atoms with Crippen molar-refractivity contribution in [2.45, 2.75) is 26.5 Å². The molecule has 0 spiro atoms. The van der Waals surface area contributed by atoms with Gasteiger partial charge in [-0.3, -0.25) is 9.88 Å². The molecule has 16 heavy (non-hydrogen) atoms. The minimum Gasteiger partial charge on any atom is -0.390 e. The Balaban J connectivity index is 2.56. The lowest BCUT2D eigenvalue weighted by Gasteiger charge is -2.22. The molecule has 1 rings (SSSR count). The highest BCUT2D eigenvalue weighted by Crippen LogP contribution is 2.03. The van der Waals surface area contributed by atoms with Crippen LogP contribution in [0.5, 0.6) is 0 Å². The van der Waals surface area contributed by atoms with Crippen molar-refractivity contribution in [3.05, 3.63) is 29.6 Å². The molecule has 4 heteroatoms. The number of nitrogens with zero attached hydrogens (tertiary/aromatic N) is 2. The van der Waals surface area contributed by atoms with Crippen molar-refractivity contribution >= 4 is 0 Å². The van der Waals surface area contributed by atoms with E-state index in [2.05, 4.69) is 16.8 Å². The number of rotatable bonds is 6. The molecule has 0 saturated heterocycles. The van der Waals surface area contributed by atoms with Crippen molar-refractivity contribution in [3.8, 4) is 0 Å². The number of nitrogens with two attached hydrogens (primary N) is 1. The highest BCUT2D eigenvalue weighted by atomic mass is 16.3. The van der Waals surface area contributed by atoms with E-state index in [1.165, 1.54) is 0 Å². The fourth-order valence-electron chi connectivity index (χ4n) is 1.59. The summed E-state index contributed by atoms with van der Waals surface area (Å²) in [6.45, 7) is 6.59. The van der Waals surface area contributed by atoms with Gasteiger partial charge in [0.15, 0.2) is 0 Å². The van der Waals surface area contributed by atoms with Gasteiger partial charge in [-0.2, -0.15) is 0 Å². The maximum absolute atomic E-state index is 9.50. The van der Waals surface area contributed by atoms with Crippen LogP contribution in [-0.2, 0) is 6.54 Å². The van der Waals surface area contributed by atoms with Gasteiger partial charge in [-0.1, -0.05) is 13.0 Å². The van der Waals surface area contributed by atoms with E-state index in [9.17, 15) is 5.11 Å². The van der Waals surface area contributed by atoms with E-state index >= 15 is 0 Å². The molecular formula is C12H21N3O. The van der Waals surface area contributed by atoms with Crippen molar-refractivity contribution in [1.29, 1.82) is 0 Å². The summed E-state index contributed by atoms with van der Waals surface area (Å²) < 4.78 is 0. The Morgan fingerprint density at radius 1 is 1.50 bits per heavy atom. The fourth-order valence-corrected chi connectivity index (χ4v) is 1.59. The molecule has 0 radical (unpaired) electrons. The minimum atomic E-state index is -0.454. The number of aliphatic hydroxyl groups excluding tert-OH is 1. The summed E-state index contributed by atoms with van der Waals surface area (Å²) in [5, 5.41) is 9.50. The second-order valence-corrected chi connectivity index (χ2v) is 3.99. The molecule has 90 valence electrons. The standard InChI is InChI=1S/C12H21N3O/c1-3-15(9-12(16)7-13)8-11-6-4-5-10(2)14-11/h4-6,12,16H,3,7-9,13H2,1-2H3. The number of aromatic nitrogens is 1. The van der Waals surface area contributed by atoms with Gasteiger partial charge in [-0.15, -0.1) is 0 Å². The number of hydrogen-bond acceptors (Lipinski definition) is 4. The summed E-state index contributed by atoms with van der Waals surface area (Å²) in [7, 11) is 0. The molecule has 0 aromatic carbocycles. The van der Waals surface area contributed by atoms with Crippen molar-refractivity contribution in [3.63, 3.8) is 0 Å². The highest BCUT2D eigenvalue weighted by molar-refractivity contribution is 5.09. The number of aliphatic hydroxyl groups is 1. The molecule has 1 atom stereocenters. The molecular weight excluding hydrogens is 202 g/mol. The van der Waals surface area contributed by atoms with Crippen LogP contribution in [0.25, 0.3) is 0 Å². The Morgan fingerprint density at radius 3 is 2.81 bits per heavy atom. The Bertz CT molecular complexity index is 317. The summed E-state index contributed by atoms with van der Waals surface area (Å²) >= 11 is 0. The molecule has 0 saturated carbocycles. The van der Waals surface area contributed by atoms with Crippen LogP contribution in [0.15, 0.2) is 18.2 Å². The van der Waals surface area contributed by atoms with E-state index in [-0.39, 0.29) is 0 Å². The third-order valence-corrected chi connectivity index (χ3v) is 2.52. The molecule has 1 aromatic heterocycles. The van der Waals surface area contributed by atoms with E-state index in [0.717, 1.165) is 24.5 Å². The Morgan fingerprint density at radius 2 is 2.25 bits per heavy atom. The predicted molar refractivity (Wildman–Crippen MR) is 65.0 cm³/mol. The van der Waals surface area contributed by atoms with E-state index < -0.39 is 6.10 Å². The maximum Gasteiger partial charge on any atom is 0.0789 e. The number of aryl methyl sites for hydroxylation is 1. The summed E-state index contributed by atoms with van der Waals surface area (Å²) in [6, 6.07) is 5.99. The summed E-state index contributed by atoms with van der Waals surface area (Å²) in [5.41, 5.74) is 7.45. The van der Waals surface area contributed by atoms with Crippen LogP contribution in [0, 0.1) is 6.92 Å². The van der Waals surface area contributed by atoms with E-state index in [0.29, 0.717) is 13.1 Å². The van der Waals surface area contributed by atoms with Gasteiger partial charge >= 0.3 is 0 Å². The minimum absolute atomic E-state index is 0.303. The van der Waals surface area contributed by atoms with Crippen molar-refractivity contribution in [2.75, 3.05) is 19.6 Å². The molecule has 1 aromatic rings.